The number of carbonyl (C=O) groups is 2. The van der Waals surface area contributed by atoms with Gasteiger partial charge >= 0.3 is 12.1 Å². The van der Waals surface area contributed by atoms with Crippen LogP contribution in [0.1, 0.15) is 47.0 Å². The van der Waals surface area contributed by atoms with E-state index in [1.807, 2.05) is 6.92 Å². The first kappa shape index (κ1) is 13.2. The van der Waals surface area contributed by atoms with Crippen LogP contribution in [0.3, 0.4) is 0 Å². The van der Waals surface area contributed by atoms with Crippen molar-refractivity contribution in [1.29, 1.82) is 0 Å². The zero-order chi connectivity index (χ0) is 13.7. The van der Waals surface area contributed by atoms with E-state index in [0.717, 1.165) is 6.42 Å². The Hall–Kier alpha value is -1.26. The Morgan fingerprint density at radius 1 is 1.33 bits per heavy atom. The summed E-state index contributed by atoms with van der Waals surface area (Å²) in [6.45, 7) is 7.40. The molecule has 3 fully saturated rings. The molecule has 18 heavy (non-hydrogen) atoms. The molecule has 1 amide bonds. The molecule has 0 radical (unpaired) electrons. The number of carbonyl (C=O) groups excluding carboxylic acids is 1. The molecular weight excluding hydrogens is 234 g/mol. The fourth-order valence-corrected chi connectivity index (χ4v) is 3.22. The highest BCUT2D eigenvalue weighted by atomic mass is 16.6. The lowest BCUT2D eigenvalue weighted by molar-refractivity contribution is -0.179. The first-order chi connectivity index (χ1) is 8.16. The molecule has 5 heteroatoms. The quantitative estimate of drug-likeness (QED) is 0.780. The second-order valence-corrected chi connectivity index (χ2v) is 6.59. The van der Waals surface area contributed by atoms with Gasteiger partial charge in [0.25, 0.3) is 0 Å². The summed E-state index contributed by atoms with van der Waals surface area (Å²) in [7, 11) is 0. The normalized spacial score (nSPS) is 34.8. The van der Waals surface area contributed by atoms with Crippen LogP contribution < -0.4 is 0 Å². The molecule has 102 valence electrons. The average Bonchev–Trinajstić information content (AvgIpc) is 2.12. The first-order valence-electron chi connectivity index (χ1n) is 6.41. The maximum atomic E-state index is 12.1. The number of nitrogens with zero attached hydrogens (tertiary/aromatic N) is 1. The number of hydrogen-bond acceptors (Lipinski definition) is 3. The minimum atomic E-state index is -1.02. The maximum absolute atomic E-state index is 12.1. The molecule has 2 bridgehead atoms. The fraction of sp³-hybridized carbons (Fsp3) is 0.846. The third kappa shape index (κ3) is 1.95. The highest BCUT2D eigenvalue weighted by Crippen LogP contribution is 2.50. The van der Waals surface area contributed by atoms with Crippen LogP contribution in [-0.4, -0.2) is 39.3 Å². The topological polar surface area (TPSA) is 66.8 Å². The lowest BCUT2D eigenvalue weighted by Crippen LogP contribution is -2.75. The number of rotatable bonds is 1. The largest absolute Gasteiger partial charge is 0.479 e. The van der Waals surface area contributed by atoms with Crippen LogP contribution in [0.2, 0.25) is 0 Å². The summed E-state index contributed by atoms with van der Waals surface area (Å²) in [6, 6.07) is 0.0275. The number of fused-ring (bicyclic) bond motifs is 2. The molecule has 3 rings (SSSR count). The Balaban J connectivity index is 2.18. The summed E-state index contributed by atoms with van der Waals surface area (Å²) in [5.74, 6) is -0.560. The van der Waals surface area contributed by atoms with Gasteiger partial charge in [0, 0.05) is 12.5 Å². The molecule has 0 spiro atoms. The summed E-state index contributed by atoms with van der Waals surface area (Å²) < 4.78 is 5.31. The van der Waals surface area contributed by atoms with E-state index in [2.05, 4.69) is 0 Å². The lowest BCUT2D eigenvalue weighted by Gasteiger charge is -2.60. The summed E-state index contributed by atoms with van der Waals surface area (Å²) in [5, 5.41) is 9.42. The van der Waals surface area contributed by atoms with Gasteiger partial charge in [0.15, 0.2) is 0 Å². The number of amides is 1. The van der Waals surface area contributed by atoms with Crippen LogP contribution in [0.5, 0.6) is 0 Å². The van der Waals surface area contributed by atoms with Gasteiger partial charge < -0.3 is 9.84 Å². The van der Waals surface area contributed by atoms with Crippen molar-refractivity contribution in [2.45, 2.75) is 64.1 Å². The Bertz CT molecular complexity index is 387. The zero-order valence-corrected chi connectivity index (χ0v) is 11.4. The zero-order valence-electron chi connectivity index (χ0n) is 11.4. The number of carboxylic acid groups (broad SMARTS) is 1. The number of hydrogen-bond donors (Lipinski definition) is 1. The van der Waals surface area contributed by atoms with Crippen LogP contribution >= 0.6 is 0 Å². The van der Waals surface area contributed by atoms with E-state index in [-0.39, 0.29) is 6.04 Å². The average molecular weight is 255 g/mol. The Labute approximate surface area is 107 Å². The first-order valence-corrected chi connectivity index (χ1v) is 6.41. The monoisotopic (exact) mass is 255 g/mol. The third-order valence-corrected chi connectivity index (χ3v) is 3.75. The number of aliphatic carboxylic acids is 1. The standard InChI is InChI=1S/C13H21NO4/c1-8-5-9-7-13(6-8,10(15)16)14(9)11(17)18-12(2,3)4/h8-9H,5-7H2,1-4H3,(H,15,16)/t8-,9-,13?/m1/s1. The molecular formula is C13H21NO4. The fourth-order valence-electron chi connectivity index (χ4n) is 3.22. The predicted octanol–water partition coefficient (Wildman–Crippen LogP) is 2.25. The summed E-state index contributed by atoms with van der Waals surface area (Å²) in [4.78, 5) is 25.0. The summed E-state index contributed by atoms with van der Waals surface area (Å²) >= 11 is 0. The highest BCUT2D eigenvalue weighted by Gasteiger charge is 2.63. The van der Waals surface area contributed by atoms with Gasteiger partial charge in [0.1, 0.15) is 11.1 Å². The van der Waals surface area contributed by atoms with Crippen molar-refractivity contribution in [2.24, 2.45) is 5.92 Å². The van der Waals surface area contributed by atoms with E-state index >= 15 is 0 Å². The summed E-state index contributed by atoms with van der Waals surface area (Å²) in [6.07, 6.45) is 1.46. The van der Waals surface area contributed by atoms with Gasteiger partial charge in [0.05, 0.1) is 0 Å². The second-order valence-electron chi connectivity index (χ2n) is 6.59. The van der Waals surface area contributed by atoms with Gasteiger partial charge in [-0.1, -0.05) is 6.92 Å². The van der Waals surface area contributed by atoms with Crippen LogP contribution in [0.25, 0.3) is 0 Å². The minimum absolute atomic E-state index is 0.0275. The van der Waals surface area contributed by atoms with Crippen molar-refractivity contribution in [2.75, 3.05) is 0 Å². The van der Waals surface area contributed by atoms with Gasteiger partial charge in [-0.3, -0.25) is 4.90 Å². The van der Waals surface area contributed by atoms with Crippen molar-refractivity contribution >= 4 is 12.1 Å². The molecule has 2 aliphatic heterocycles. The van der Waals surface area contributed by atoms with Gasteiger partial charge in [-0.15, -0.1) is 0 Å². The maximum Gasteiger partial charge on any atom is 0.411 e. The Kier molecular flexibility index (Phi) is 2.83. The van der Waals surface area contributed by atoms with E-state index in [9.17, 15) is 14.7 Å². The molecule has 1 aliphatic carbocycles. The number of piperidine rings is 1. The van der Waals surface area contributed by atoms with Crippen molar-refractivity contribution in [3.8, 4) is 0 Å². The van der Waals surface area contributed by atoms with E-state index < -0.39 is 23.2 Å². The van der Waals surface area contributed by atoms with E-state index in [1.165, 1.54) is 4.90 Å². The van der Waals surface area contributed by atoms with Gasteiger partial charge in [-0.2, -0.15) is 0 Å². The van der Waals surface area contributed by atoms with Gasteiger partial charge in [-0.05, 0) is 39.5 Å². The van der Waals surface area contributed by atoms with Crippen LogP contribution in [0.4, 0.5) is 4.79 Å². The lowest BCUT2D eigenvalue weighted by atomic mass is 9.64. The summed E-state index contributed by atoms with van der Waals surface area (Å²) in [5.41, 5.74) is -1.61. The van der Waals surface area contributed by atoms with Crippen LogP contribution in [0.15, 0.2) is 0 Å². The number of carboxylic acids is 1. The van der Waals surface area contributed by atoms with Crippen molar-refractivity contribution in [1.82, 2.24) is 4.90 Å². The predicted molar refractivity (Wildman–Crippen MR) is 65.2 cm³/mol. The third-order valence-electron chi connectivity index (χ3n) is 3.75. The Morgan fingerprint density at radius 3 is 2.44 bits per heavy atom. The molecule has 3 atom stereocenters. The molecule has 0 aromatic carbocycles. The molecule has 3 aliphatic rings. The minimum Gasteiger partial charge on any atom is -0.479 e. The number of ether oxygens (including phenoxy) is 1. The van der Waals surface area contributed by atoms with Crippen LogP contribution in [-0.2, 0) is 9.53 Å². The van der Waals surface area contributed by atoms with Crippen molar-refractivity contribution in [3.05, 3.63) is 0 Å². The Morgan fingerprint density at radius 2 is 1.94 bits per heavy atom. The second kappa shape index (κ2) is 3.87. The molecule has 5 nitrogen and oxygen atoms in total. The van der Waals surface area contributed by atoms with Crippen LogP contribution in [0, 0.1) is 5.92 Å². The van der Waals surface area contributed by atoms with Gasteiger partial charge in [0.2, 0.25) is 0 Å². The highest BCUT2D eigenvalue weighted by molar-refractivity contribution is 5.87. The molecule has 1 N–H and O–H groups in total. The molecule has 2 saturated heterocycles. The van der Waals surface area contributed by atoms with Gasteiger partial charge in [-0.25, -0.2) is 9.59 Å². The smallest absolute Gasteiger partial charge is 0.411 e. The molecule has 0 aromatic rings. The molecule has 1 saturated carbocycles. The van der Waals surface area contributed by atoms with E-state index in [1.54, 1.807) is 20.8 Å². The molecule has 1 unspecified atom stereocenters. The SMILES string of the molecule is C[C@@H]1C[C@@H]2CC(C(=O)O)(C1)N2C(=O)OC(C)(C)C. The van der Waals surface area contributed by atoms with E-state index in [4.69, 9.17) is 4.74 Å². The molecule has 0 aromatic heterocycles. The van der Waals surface area contributed by atoms with Crippen molar-refractivity contribution in [3.63, 3.8) is 0 Å². The van der Waals surface area contributed by atoms with E-state index in [0.29, 0.717) is 18.8 Å². The van der Waals surface area contributed by atoms with Crippen molar-refractivity contribution < 1.29 is 19.4 Å². The molecule has 2 heterocycles.